The molecule has 3 nitrogen and oxygen atoms in total. The number of hydrogen-bond donors (Lipinski definition) is 1. The van der Waals surface area contributed by atoms with Crippen LogP contribution in [-0.2, 0) is 0 Å². The monoisotopic (exact) mass is 222 g/mol. The maximum absolute atomic E-state index is 11.7. The zero-order valence-corrected chi connectivity index (χ0v) is 9.82. The summed E-state index contributed by atoms with van der Waals surface area (Å²) in [6.45, 7) is 4.45. The second-order valence-electron chi connectivity index (χ2n) is 3.64. The van der Waals surface area contributed by atoms with Crippen molar-refractivity contribution >= 4 is 5.78 Å². The summed E-state index contributed by atoms with van der Waals surface area (Å²) in [6.07, 6.45) is 2.31. The van der Waals surface area contributed by atoms with Gasteiger partial charge in [-0.2, -0.15) is 0 Å². The van der Waals surface area contributed by atoms with E-state index in [1.165, 1.54) is 6.07 Å². The van der Waals surface area contributed by atoms with Gasteiger partial charge >= 0.3 is 0 Å². The summed E-state index contributed by atoms with van der Waals surface area (Å²) in [6, 6.07) is 4.82. The van der Waals surface area contributed by atoms with E-state index in [0.717, 1.165) is 12.8 Å². The van der Waals surface area contributed by atoms with Gasteiger partial charge in [0, 0.05) is 12.5 Å². The van der Waals surface area contributed by atoms with Gasteiger partial charge in [-0.05, 0) is 25.5 Å². The minimum Gasteiger partial charge on any atom is -0.507 e. The van der Waals surface area contributed by atoms with Crippen LogP contribution in [0.3, 0.4) is 0 Å². The Labute approximate surface area is 96.1 Å². The van der Waals surface area contributed by atoms with Crippen LogP contribution in [0.1, 0.15) is 43.5 Å². The second-order valence-corrected chi connectivity index (χ2v) is 3.64. The van der Waals surface area contributed by atoms with E-state index < -0.39 is 0 Å². The number of carbonyl (C=O) groups excluding carboxylic acids is 1. The first-order valence-electron chi connectivity index (χ1n) is 5.68. The summed E-state index contributed by atoms with van der Waals surface area (Å²) in [5, 5.41) is 9.69. The predicted octanol–water partition coefficient (Wildman–Crippen LogP) is 3.16. The van der Waals surface area contributed by atoms with Crippen LogP contribution in [0.5, 0.6) is 11.5 Å². The summed E-state index contributed by atoms with van der Waals surface area (Å²) < 4.78 is 5.23. The predicted molar refractivity (Wildman–Crippen MR) is 63.1 cm³/mol. The molecule has 0 fully saturated rings. The van der Waals surface area contributed by atoms with Crippen molar-refractivity contribution in [1.29, 1.82) is 0 Å². The summed E-state index contributed by atoms with van der Waals surface area (Å²) in [7, 11) is 0. The summed E-state index contributed by atoms with van der Waals surface area (Å²) in [5.41, 5.74) is 0.386. The van der Waals surface area contributed by atoms with Crippen LogP contribution in [-0.4, -0.2) is 17.5 Å². The molecule has 16 heavy (non-hydrogen) atoms. The van der Waals surface area contributed by atoms with Crippen LogP contribution < -0.4 is 4.74 Å². The number of unbranched alkanes of at least 4 members (excludes halogenated alkanes) is 1. The topological polar surface area (TPSA) is 46.5 Å². The lowest BCUT2D eigenvalue weighted by molar-refractivity contribution is 0.0977. The molecule has 0 aliphatic heterocycles. The van der Waals surface area contributed by atoms with Gasteiger partial charge in [0.05, 0.1) is 12.2 Å². The molecule has 1 rings (SSSR count). The smallest absolute Gasteiger partial charge is 0.166 e. The van der Waals surface area contributed by atoms with E-state index in [1.807, 2.05) is 13.8 Å². The molecular weight excluding hydrogens is 204 g/mol. The number of hydrogen-bond acceptors (Lipinski definition) is 3. The summed E-state index contributed by atoms with van der Waals surface area (Å²) >= 11 is 0. The van der Waals surface area contributed by atoms with Crippen molar-refractivity contribution in [3.63, 3.8) is 0 Å². The van der Waals surface area contributed by atoms with E-state index in [9.17, 15) is 9.90 Å². The first kappa shape index (κ1) is 12.6. The summed E-state index contributed by atoms with van der Waals surface area (Å²) in [4.78, 5) is 11.7. The molecule has 0 spiro atoms. The first-order chi connectivity index (χ1) is 7.69. The van der Waals surface area contributed by atoms with E-state index in [4.69, 9.17) is 4.74 Å². The van der Waals surface area contributed by atoms with Crippen LogP contribution in [0.25, 0.3) is 0 Å². The van der Waals surface area contributed by atoms with E-state index in [1.54, 1.807) is 12.1 Å². The first-order valence-corrected chi connectivity index (χ1v) is 5.68. The number of ketones is 1. The second kappa shape index (κ2) is 6.16. The molecule has 0 atom stereocenters. The van der Waals surface area contributed by atoms with Gasteiger partial charge in [0.2, 0.25) is 0 Å². The van der Waals surface area contributed by atoms with E-state index in [-0.39, 0.29) is 11.5 Å². The Kier molecular flexibility index (Phi) is 4.83. The maximum Gasteiger partial charge on any atom is 0.166 e. The number of phenols is 1. The molecule has 3 heteroatoms. The number of ether oxygens (including phenoxy) is 1. The molecule has 0 aromatic heterocycles. The minimum absolute atomic E-state index is 0.00653. The Hall–Kier alpha value is -1.51. The van der Waals surface area contributed by atoms with Crippen LogP contribution in [0, 0.1) is 0 Å². The van der Waals surface area contributed by atoms with Crippen molar-refractivity contribution in [3.05, 3.63) is 23.8 Å². The summed E-state index contributed by atoms with van der Waals surface area (Å²) in [5.74, 6) is 0.585. The molecule has 0 amide bonds. The van der Waals surface area contributed by atoms with Crippen molar-refractivity contribution in [2.45, 2.75) is 33.1 Å². The van der Waals surface area contributed by atoms with Gasteiger partial charge in [-0.3, -0.25) is 4.79 Å². The number of benzene rings is 1. The van der Waals surface area contributed by atoms with Crippen LogP contribution in [0.2, 0.25) is 0 Å². The average molecular weight is 222 g/mol. The third kappa shape index (κ3) is 3.26. The molecule has 0 unspecified atom stereocenters. The molecule has 0 bridgehead atoms. The van der Waals surface area contributed by atoms with Crippen molar-refractivity contribution < 1.29 is 14.6 Å². The lowest BCUT2D eigenvalue weighted by atomic mass is 10.0. The fourth-order valence-corrected chi connectivity index (χ4v) is 1.48. The zero-order chi connectivity index (χ0) is 12.0. The number of rotatable bonds is 6. The molecule has 0 heterocycles. The highest BCUT2D eigenvalue weighted by Crippen LogP contribution is 2.25. The molecule has 88 valence electrons. The Morgan fingerprint density at radius 1 is 1.38 bits per heavy atom. The molecular formula is C13H18O3. The lowest BCUT2D eigenvalue weighted by Crippen LogP contribution is -2.00. The van der Waals surface area contributed by atoms with Gasteiger partial charge in [-0.1, -0.05) is 13.3 Å². The van der Waals surface area contributed by atoms with Gasteiger partial charge in [-0.15, -0.1) is 0 Å². The number of phenolic OH excluding ortho intramolecular Hbond substituents is 1. The molecule has 1 N–H and O–H groups in total. The Morgan fingerprint density at radius 2 is 2.12 bits per heavy atom. The maximum atomic E-state index is 11.7. The van der Waals surface area contributed by atoms with Crippen LogP contribution >= 0.6 is 0 Å². The van der Waals surface area contributed by atoms with E-state index in [2.05, 4.69) is 0 Å². The quantitative estimate of drug-likeness (QED) is 0.752. The molecule has 1 aromatic rings. The van der Waals surface area contributed by atoms with Gasteiger partial charge in [-0.25, -0.2) is 0 Å². The molecule has 0 radical (unpaired) electrons. The Morgan fingerprint density at radius 3 is 2.69 bits per heavy atom. The fourth-order valence-electron chi connectivity index (χ4n) is 1.48. The SMILES string of the molecule is CCCCC(=O)c1ccc(OCC)cc1O. The highest BCUT2D eigenvalue weighted by atomic mass is 16.5. The number of aromatic hydroxyl groups is 1. The standard InChI is InChI=1S/C13H18O3/c1-3-5-6-12(14)11-8-7-10(16-4-2)9-13(11)15/h7-9,15H,3-6H2,1-2H3. The van der Waals surface area contributed by atoms with Gasteiger partial charge < -0.3 is 9.84 Å². The lowest BCUT2D eigenvalue weighted by Gasteiger charge is -2.07. The Balaban J connectivity index is 2.77. The van der Waals surface area contributed by atoms with Crippen molar-refractivity contribution in [2.24, 2.45) is 0 Å². The highest BCUT2D eigenvalue weighted by molar-refractivity contribution is 5.98. The van der Waals surface area contributed by atoms with E-state index in [0.29, 0.717) is 24.3 Å². The van der Waals surface area contributed by atoms with E-state index >= 15 is 0 Å². The highest BCUT2D eigenvalue weighted by Gasteiger charge is 2.11. The van der Waals surface area contributed by atoms with Crippen LogP contribution in [0.15, 0.2) is 18.2 Å². The fraction of sp³-hybridized carbons (Fsp3) is 0.462. The molecule has 0 aliphatic rings. The molecule has 1 aromatic carbocycles. The normalized spacial score (nSPS) is 10.1. The van der Waals surface area contributed by atoms with Crippen molar-refractivity contribution in [1.82, 2.24) is 0 Å². The number of carbonyl (C=O) groups is 1. The molecule has 0 saturated carbocycles. The van der Waals surface area contributed by atoms with Crippen molar-refractivity contribution in [3.8, 4) is 11.5 Å². The third-order valence-electron chi connectivity index (χ3n) is 2.34. The third-order valence-corrected chi connectivity index (χ3v) is 2.34. The zero-order valence-electron chi connectivity index (χ0n) is 9.82. The average Bonchev–Trinajstić information content (AvgIpc) is 2.26. The largest absolute Gasteiger partial charge is 0.507 e. The van der Waals surface area contributed by atoms with Gasteiger partial charge in [0.1, 0.15) is 11.5 Å². The van der Waals surface area contributed by atoms with Gasteiger partial charge in [0.15, 0.2) is 5.78 Å². The minimum atomic E-state index is -0.0117. The van der Waals surface area contributed by atoms with Gasteiger partial charge in [0.25, 0.3) is 0 Å². The Bertz CT molecular complexity index is 358. The molecule has 0 saturated heterocycles. The van der Waals surface area contributed by atoms with Crippen molar-refractivity contribution in [2.75, 3.05) is 6.61 Å². The number of Topliss-reactive ketones (excluding diaryl/α,β-unsaturated/α-hetero) is 1. The molecule has 0 aliphatic carbocycles. The van der Waals surface area contributed by atoms with Crippen LogP contribution in [0.4, 0.5) is 0 Å².